The van der Waals surface area contributed by atoms with Gasteiger partial charge in [0.1, 0.15) is 10.7 Å². The van der Waals surface area contributed by atoms with E-state index in [1.807, 2.05) is 6.07 Å². The predicted octanol–water partition coefficient (Wildman–Crippen LogP) is 3.32. The first-order valence-corrected chi connectivity index (χ1v) is 6.90. The van der Waals surface area contributed by atoms with E-state index >= 15 is 0 Å². The summed E-state index contributed by atoms with van der Waals surface area (Å²) in [5.74, 6) is 0. The Hall–Kier alpha value is -2.25. The monoisotopic (exact) mass is 347 g/mol. The van der Waals surface area contributed by atoms with Crippen molar-refractivity contribution < 1.29 is 10.0 Å². The fourth-order valence-corrected chi connectivity index (χ4v) is 2.53. The number of nitro benzene ring substituents is 1. The maximum Gasteiger partial charge on any atom is 0.269 e. The number of hydrogen-bond acceptors (Lipinski definition) is 4. The number of halogens is 1. The van der Waals surface area contributed by atoms with Crippen LogP contribution in [0.5, 0.6) is 0 Å². The first kappa shape index (κ1) is 13.7. The molecule has 0 bridgehead atoms. The second-order valence-electron chi connectivity index (χ2n) is 4.55. The molecule has 2 N–H and O–H groups in total. The highest BCUT2D eigenvalue weighted by Gasteiger charge is 2.16. The summed E-state index contributed by atoms with van der Waals surface area (Å²) in [7, 11) is 0. The number of hydrogen-bond donors (Lipinski definition) is 2. The van der Waals surface area contributed by atoms with Crippen LogP contribution in [0.3, 0.4) is 0 Å². The topological polar surface area (TPSA) is 92.0 Å². The Bertz CT molecular complexity index is 814. The van der Waals surface area contributed by atoms with Crippen LogP contribution in [0.15, 0.2) is 47.3 Å². The van der Waals surface area contributed by atoms with Crippen LogP contribution < -0.4 is 0 Å². The molecule has 7 heteroatoms. The summed E-state index contributed by atoms with van der Waals surface area (Å²) in [5.41, 5.74) is 2.10. The Morgan fingerprint density at radius 2 is 2.05 bits per heavy atom. The van der Waals surface area contributed by atoms with E-state index in [4.69, 9.17) is 0 Å². The molecular weight excluding hydrogens is 338 g/mol. The van der Waals surface area contributed by atoms with Gasteiger partial charge in [0.25, 0.3) is 5.69 Å². The molecule has 1 aromatic carbocycles. The average Bonchev–Trinajstić information content (AvgIpc) is 2.89. The Balaban J connectivity index is 2.01. The molecule has 1 atom stereocenters. The van der Waals surface area contributed by atoms with Crippen LogP contribution in [0, 0.1) is 10.1 Å². The summed E-state index contributed by atoms with van der Waals surface area (Å²) in [5, 5.41) is 22.0. The van der Waals surface area contributed by atoms with Crippen molar-refractivity contribution in [3.63, 3.8) is 0 Å². The Morgan fingerprint density at radius 1 is 1.33 bits per heavy atom. The lowest BCUT2D eigenvalue weighted by atomic mass is 10.0. The Kier molecular flexibility index (Phi) is 3.44. The molecule has 21 heavy (non-hydrogen) atoms. The fourth-order valence-electron chi connectivity index (χ4n) is 2.20. The SMILES string of the molecule is O=[N+]([O-])c1ccc(C(O)c2c[nH]c3cnc(Br)cc23)cc1. The smallest absolute Gasteiger partial charge is 0.269 e. The summed E-state index contributed by atoms with van der Waals surface area (Å²) in [4.78, 5) is 17.3. The van der Waals surface area contributed by atoms with Gasteiger partial charge < -0.3 is 10.1 Å². The Labute approximate surface area is 127 Å². The second kappa shape index (κ2) is 5.27. The molecule has 0 saturated heterocycles. The molecule has 0 radical (unpaired) electrons. The number of aliphatic hydroxyl groups excluding tert-OH is 1. The van der Waals surface area contributed by atoms with Crippen molar-refractivity contribution in [2.24, 2.45) is 0 Å². The zero-order chi connectivity index (χ0) is 15.0. The number of aliphatic hydroxyl groups is 1. The fraction of sp³-hybridized carbons (Fsp3) is 0.0714. The highest BCUT2D eigenvalue weighted by molar-refractivity contribution is 9.10. The molecule has 6 nitrogen and oxygen atoms in total. The lowest BCUT2D eigenvalue weighted by Gasteiger charge is -2.10. The molecule has 0 fully saturated rings. The van der Waals surface area contributed by atoms with Gasteiger partial charge in [0.05, 0.1) is 16.6 Å². The average molecular weight is 348 g/mol. The van der Waals surface area contributed by atoms with Crippen molar-refractivity contribution in [1.82, 2.24) is 9.97 Å². The first-order chi connectivity index (χ1) is 10.1. The number of benzene rings is 1. The minimum Gasteiger partial charge on any atom is -0.384 e. The van der Waals surface area contributed by atoms with Crippen molar-refractivity contribution in [2.45, 2.75) is 6.10 Å². The van der Waals surface area contributed by atoms with Gasteiger partial charge in [-0.2, -0.15) is 0 Å². The van der Waals surface area contributed by atoms with Crippen LogP contribution in [0.25, 0.3) is 10.9 Å². The van der Waals surface area contributed by atoms with Crippen LogP contribution in [0.2, 0.25) is 0 Å². The van der Waals surface area contributed by atoms with Gasteiger partial charge in [0.15, 0.2) is 0 Å². The van der Waals surface area contributed by atoms with Crippen molar-refractivity contribution >= 4 is 32.5 Å². The lowest BCUT2D eigenvalue weighted by Crippen LogP contribution is -1.99. The van der Waals surface area contributed by atoms with Gasteiger partial charge in [-0.15, -0.1) is 0 Å². The lowest BCUT2D eigenvalue weighted by molar-refractivity contribution is -0.384. The van der Waals surface area contributed by atoms with E-state index in [1.165, 1.54) is 12.1 Å². The zero-order valence-electron chi connectivity index (χ0n) is 10.7. The highest BCUT2D eigenvalue weighted by Crippen LogP contribution is 2.30. The van der Waals surface area contributed by atoms with E-state index in [0.717, 1.165) is 10.9 Å². The number of nitrogens with zero attached hydrogens (tertiary/aromatic N) is 2. The van der Waals surface area contributed by atoms with Crippen LogP contribution >= 0.6 is 15.9 Å². The molecule has 1 unspecified atom stereocenters. The van der Waals surface area contributed by atoms with E-state index in [1.54, 1.807) is 24.5 Å². The normalized spacial score (nSPS) is 12.5. The van der Waals surface area contributed by atoms with Crippen molar-refractivity contribution in [2.75, 3.05) is 0 Å². The third kappa shape index (κ3) is 2.53. The van der Waals surface area contributed by atoms with Crippen molar-refractivity contribution in [3.05, 3.63) is 68.6 Å². The summed E-state index contributed by atoms with van der Waals surface area (Å²) in [6.45, 7) is 0. The molecule has 0 saturated carbocycles. The maximum atomic E-state index is 10.6. The van der Waals surface area contributed by atoms with E-state index in [0.29, 0.717) is 15.7 Å². The molecule has 3 aromatic rings. The van der Waals surface area contributed by atoms with Crippen LogP contribution in [-0.4, -0.2) is 20.0 Å². The summed E-state index contributed by atoms with van der Waals surface area (Å²) in [6, 6.07) is 7.68. The van der Waals surface area contributed by atoms with Crippen LogP contribution in [0.4, 0.5) is 5.69 Å². The van der Waals surface area contributed by atoms with Crippen LogP contribution in [0.1, 0.15) is 17.2 Å². The highest BCUT2D eigenvalue weighted by atomic mass is 79.9. The van der Waals surface area contributed by atoms with E-state index in [-0.39, 0.29) is 5.69 Å². The van der Waals surface area contributed by atoms with Gasteiger partial charge in [-0.05, 0) is 39.7 Å². The van der Waals surface area contributed by atoms with Crippen LogP contribution in [-0.2, 0) is 0 Å². The van der Waals surface area contributed by atoms with E-state index in [2.05, 4.69) is 25.9 Å². The zero-order valence-corrected chi connectivity index (χ0v) is 12.2. The molecule has 2 heterocycles. The molecule has 0 aliphatic carbocycles. The number of aromatic nitrogens is 2. The van der Waals surface area contributed by atoms with Crippen molar-refractivity contribution in [3.8, 4) is 0 Å². The second-order valence-corrected chi connectivity index (χ2v) is 5.36. The maximum absolute atomic E-state index is 10.6. The quantitative estimate of drug-likeness (QED) is 0.431. The first-order valence-electron chi connectivity index (χ1n) is 6.11. The molecule has 0 amide bonds. The minimum atomic E-state index is -0.867. The number of pyridine rings is 1. The third-order valence-corrected chi connectivity index (χ3v) is 3.71. The number of aromatic amines is 1. The number of nitrogens with one attached hydrogen (secondary N) is 1. The van der Waals surface area contributed by atoms with Gasteiger partial charge in [-0.1, -0.05) is 0 Å². The van der Waals surface area contributed by atoms with E-state index < -0.39 is 11.0 Å². The van der Waals surface area contributed by atoms with Crippen molar-refractivity contribution in [1.29, 1.82) is 0 Å². The van der Waals surface area contributed by atoms with Gasteiger partial charge in [-0.25, -0.2) is 4.98 Å². The minimum absolute atomic E-state index is 0.00294. The molecule has 2 aromatic heterocycles. The predicted molar refractivity (Wildman–Crippen MR) is 81.0 cm³/mol. The summed E-state index contributed by atoms with van der Waals surface area (Å²) in [6.07, 6.45) is 2.52. The largest absolute Gasteiger partial charge is 0.384 e. The summed E-state index contributed by atoms with van der Waals surface area (Å²) < 4.78 is 0.673. The van der Waals surface area contributed by atoms with E-state index in [9.17, 15) is 15.2 Å². The number of fused-ring (bicyclic) bond motifs is 1. The third-order valence-electron chi connectivity index (χ3n) is 3.28. The van der Waals surface area contributed by atoms with Gasteiger partial charge >= 0.3 is 0 Å². The molecule has 3 rings (SSSR count). The molecule has 0 aliphatic heterocycles. The van der Waals surface area contributed by atoms with Gasteiger partial charge in [0.2, 0.25) is 0 Å². The molecule has 0 spiro atoms. The Morgan fingerprint density at radius 3 is 2.71 bits per heavy atom. The number of rotatable bonds is 3. The molecular formula is C14H10BrN3O3. The number of H-pyrrole nitrogens is 1. The summed E-state index contributed by atoms with van der Waals surface area (Å²) >= 11 is 3.30. The standard InChI is InChI=1S/C14H10BrN3O3/c15-13-5-10-11(6-16-12(10)7-17-13)14(19)8-1-3-9(4-2-8)18(20)21/h1-7,14,16,19H. The molecule has 0 aliphatic rings. The molecule has 106 valence electrons. The number of nitro groups is 1. The number of non-ortho nitro benzene ring substituents is 1. The van der Waals surface area contributed by atoms with Gasteiger partial charge in [0, 0.05) is 29.3 Å². The van der Waals surface area contributed by atoms with Gasteiger partial charge in [-0.3, -0.25) is 10.1 Å².